The SMILES string of the molecule is CCN(Cc1ccc(N(C)C)cc1)C(=O)C1CCCNC1. The maximum atomic E-state index is 12.6. The van der Waals surface area contributed by atoms with Crippen molar-refractivity contribution in [1.29, 1.82) is 0 Å². The maximum Gasteiger partial charge on any atom is 0.227 e. The number of hydrogen-bond acceptors (Lipinski definition) is 3. The van der Waals surface area contributed by atoms with Crippen molar-refractivity contribution in [3.63, 3.8) is 0 Å². The predicted octanol–water partition coefficient (Wildman–Crippen LogP) is 2.10. The summed E-state index contributed by atoms with van der Waals surface area (Å²) >= 11 is 0. The van der Waals surface area contributed by atoms with E-state index in [1.165, 1.54) is 11.3 Å². The number of rotatable bonds is 5. The minimum atomic E-state index is 0.153. The molecule has 1 aromatic carbocycles. The van der Waals surface area contributed by atoms with Gasteiger partial charge in [0.25, 0.3) is 0 Å². The molecule has 1 aliphatic rings. The quantitative estimate of drug-likeness (QED) is 0.901. The van der Waals surface area contributed by atoms with E-state index in [1.54, 1.807) is 0 Å². The van der Waals surface area contributed by atoms with E-state index in [0.29, 0.717) is 12.5 Å². The summed E-state index contributed by atoms with van der Waals surface area (Å²) in [5.74, 6) is 0.445. The molecule has 0 spiro atoms. The predicted molar refractivity (Wildman–Crippen MR) is 87.5 cm³/mol. The molecule has 4 heteroatoms. The summed E-state index contributed by atoms with van der Waals surface area (Å²) in [4.78, 5) is 16.6. The minimum Gasteiger partial charge on any atom is -0.378 e. The molecule has 1 aliphatic heterocycles. The van der Waals surface area contributed by atoms with E-state index in [9.17, 15) is 4.79 Å². The molecule has 2 rings (SSSR count). The average Bonchev–Trinajstić information content (AvgIpc) is 2.53. The molecule has 0 aliphatic carbocycles. The van der Waals surface area contributed by atoms with Gasteiger partial charge >= 0.3 is 0 Å². The van der Waals surface area contributed by atoms with Crippen LogP contribution < -0.4 is 10.2 Å². The Morgan fingerprint density at radius 3 is 2.52 bits per heavy atom. The van der Waals surface area contributed by atoms with Gasteiger partial charge in [0.15, 0.2) is 0 Å². The molecule has 21 heavy (non-hydrogen) atoms. The lowest BCUT2D eigenvalue weighted by Gasteiger charge is -2.29. The number of piperidine rings is 1. The molecule has 1 heterocycles. The fraction of sp³-hybridized carbons (Fsp3) is 0.588. The molecule has 1 amide bonds. The maximum absolute atomic E-state index is 12.6. The Balaban J connectivity index is 1.99. The zero-order chi connectivity index (χ0) is 15.2. The number of hydrogen-bond donors (Lipinski definition) is 1. The van der Waals surface area contributed by atoms with Crippen molar-refractivity contribution in [2.75, 3.05) is 38.6 Å². The highest BCUT2D eigenvalue weighted by atomic mass is 16.2. The van der Waals surface area contributed by atoms with Gasteiger partial charge in [-0.2, -0.15) is 0 Å². The summed E-state index contributed by atoms with van der Waals surface area (Å²) in [7, 11) is 4.07. The standard InChI is InChI=1S/C17H27N3O/c1-4-20(17(21)15-6-5-11-18-12-15)13-14-7-9-16(10-8-14)19(2)3/h7-10,15,18H,4-6,11-13H2,1-3H3. The van der Waals surface area contributed by atoms with Crippen LogP contribution in [-0.2, 0) is 11.3 Å². The molecular formula is C17H27N3O. The van der Waals surface area contributed by atoms with Crippen LogP contribution in [0.4, 0.5) is 5.69 Å². The van der Waals surface area contributed by atoms with E-state index in [4.69, 9.17) is 0 Å². The van der Waals surface area contributed by atoms with Crippen LogP contribution in [0.15, 0.2) is 24.3 Å². The van der Waals surface area contributed by atoms with E-state index in [1.807, 2.05) is 19.0 Å². The van der Waals surface area contributed by atoms with Gasteiger partial charge in [-0.15, -0.1) is 0 Å². The first-order chi connectivity index (χ1) is 10.1. The number of anilines is 1. The van der Waals surface area contributed by atoms with Crippen LogP contribution in [-0.4, -0.2) is 44.5 Å². The van der Waals surface area contributed by atoms with E-state index in [-0.39, 0.29) is 5.92 Å². The van der Waals surface area contributed by atoms with Crippen LogP contribution in [0.1, 0.15) is 25.3 Å². The highest BCUT2D eigenvalue weighted by Gasteiger charge is 2.25. The fourth-order valence-electron chi connectivity index (χ4n) is 2.79. The Kier molecular flexibility index (Phi) is 5.62. The van der Waals surface area contributed by atoms with Gasteiger partial charge in [-0.05, 0) is 44.0 Å². The van der Waals surface area contributed by atoms with Crippen molar-refractivity contribution in [1.82, 2.24) is 10.2 Å². The minimum absolute atomic E-state index is 0.153. The lowest BCUT2D eigenvalue weighted by molar-refractivity contribution is -0.136. The van der Waals surface area contributed by atoms with Crippen LogP contribution in [0, 0.1) is 5.92 Å². The monoisotopic (exact) mass is 289 g/mol. The van der Waals surface area contributed by atoms with Crippen molar-refractivity contribution in [3.05, 3.63) is 29.8 Å². The molecule has 1 atom stereocenters. The van der Waals surface area contributed by atoms with E-state index < -0.39 is 0 Å². The third-order valence-corrected chi connectivity index (χ3v) is 4.17. The highest BCUT2D eigenvalue weighted by molar-refractivity contribution is 5.79. The first-order valence-electron chi connectivity index (χ1n) is 7.87. The Hall–Kier alpha value is -1.55. The first kappa shape index (κ1) is 15.8. The molecule has 116 valence electrons. The number of nitrogens with one attached hydrogen (secondary N) is 1. The van der Waals surface area contributed by atoms with Gasteiger partial charge in [0.1, 0.15) is 0 Å². The lowest BCUT2D eigenvalue weighted by Crippen LogP contribution is -2.42. The summed E-state index contributed by atoms with van der Waals surface area (Å²) in [5, 5.41) is 3.33. The second kappa shape index (κ2) is 7.46. The zero-order valence-electron chi connectivity index (χ0n) is 13.4. The third-order valence-electron chi connectivity index (χ3n) is 4.17. The number of benzene rings is 1. The van der Waals surface area contributed by atoms with Crippen molar-refractivity contribution < 1.29 is 4.79 Å². The summed E-state index contributed by atoms with van der Waals surface area (Å²) < 4.78 is 0. The Labute approximate surface area is 128 Å². The molecule has 1 unspecified atom stereocenters. The van der Waals surface area contributed by atoms with Gasteiger partial charge in [-0.1, -0.05) is 12.1 Å². The smallest absolute Gasteiger partial charge is 0.227 e. The second-order valence-electron chi connectivity index (χ2n) is 5.96. The molecule has 1 N–H and O–H groups in total. The zero-order valence-corrected chi connectivity index (χ0v) is 13.4. The van der Waals surface area contributed by atoms with Crippen LogP contribution in [0.2, 0.25) is 0 Å². The average molecular weight is 289 g/mol. The highest BCUT2D eigenvalue weighted by Crippen LogP contribution is 2.17. The Morgan fingerprint density at radius 1 is 1.29 bits per heavy atom. The Morgan fingerprint density at radius 2 is 2.00 bits per heavy atom. The molecular weight excluding hydrogens is 262 g/mol. The van der Waals surface area contributed by atoms with Gasteiger partial charge in [0.05, 0.1) is 5.92 Å². The normalized spacial score (nSPS) is 18.3. The van der Waals surface area contributed by atoms with Gasteiger partial charge in [-0.25, -0.2) is 0 Å². The van der Waals surface area contributed by atoms with Crippen molar-refractivity contribution in [3.8, 4) is 0 Å². The second-order valence-corrected chi connectivity index (χ2v) is 5.96. The summed E-state index contributed by atoms with van der Waals surface area (Å²) in [6.07, 6.45) is 2.12. The van der Waals surface area contributed by atoms with Gasteiger partial charge in [0, 0.05) is 39.4 Å². The van der Waals surface area contributed by atoms with Gasteiger partial charge in [-0.3, -0.25) is 4.79 Å². The lowest BCUT2D eigenvalue weighted by atomic mass is 9.98. The van der Waals surface area contributed by atoms with Crippen LogP contribution in [0.25, 0.3) is 0 Å². The number of amides is 1. The van der Waals surface area contributed by atoms with Crippen molar-refractivity contribution in [2.24, 2.45) is 5.92 Å². The topological polar surface area (TPSA) is 35.6 Å². The van der Waals surface area contributed by atoms with Crippen molar-refractivity contribution in [2.45, 2.75) is 26.3 Å². The largest absolute Gasteiger partial charge is 0.378 e. The molecule has 0 saturated carbocycles. The molecule has 0 aromatic heterocycles. The molecule has 1 aromatic rings. The van der Waals surface area contributed by atoms with Gasteiger partial charge in [0.2, 0.25) is 5.91 Å². The first-order valence-corrected chi connectivity index (χ1v) is 7.87. The molecule has 0 radical (unpaired) electrons. The van der Waals surface area contributed by atoms with Gasteiger partial charge < -0.3 is 15.1 Å². The summed E-state index contributed by atoms with van der Waals surface area (Å²) in [6, 6.07) is 8.44. The summed E-state index contributed by atoms with van der Waals surface area (Å²) in [5.41, 5.74) is 2.38. The number of carbonyl (C=O) groups is 1. The number of carbonyl (C=O) groups excluding carboxylic acids is 1. The van der Waals surface area contributed by atoms with E-state index in [2.05, 4.69) is 41.4 Å². The molecule has 1 fully saturated rings. The molecule has 0 bridgehead atoms. The van der Waals surface area contributed by atoms with Crippen LogP contribution in [0.3, 0.4) is 0 Å². The van der Waals surface area contributed by atoms with Crippen LogP contribution >= 0.6 is 0 Å². The summed E-state index contributed by atoms with van der Waals surface area (Å²) in [6.45, 7) is 5.41. The van der Waals surface area contributed by atoms with Crippen LogP contribution in [0.5, 0.6) is 0 Å². The van der Waals surface area contributed by atoms with E-state index in [0.717, 1.165) is 32.5 Å². The molecule has 4 nitrogen and oxygen atoms in total. The van der Waals surface area contributed by atoms with E-state index >= 15 is 0 Å². The van der Waals surface area contributed by atoms with Crippen molar-refractivity contribution >= 4 is 11.6 Å². The Bertz CT molecular complexity index is 450. The molecule has 1 saturated heterocycles. The third kappa shape index (κ3) is 4.21. The number of nitrogens with zero attached hydrogens (tertiary/aromatic N) is 2. The fourth-order valence-corrected chi connectivity index (χ4v) is 2.79.